The number of rotatable bonds is 5. The van der Waals surface area contributed by atoms with Gasteiger partial charge in [0.05, 0.1) is 11.1 Å². The van der Waals surface area contributed by atoms with Crippen LogP contribution in [0.15, 0.2) is 35.1 Å². The van der Waals surface area contributed by atoms with Gasteiger partial charge in [0.1, 0.15) is 0 Å². The Morgan fingerprint density at radius 3 is 2.68 bits per heavy atom. The Labute approximate surface area is 113 Å². The van der Waals surface area contributed by atoms with Crippen molar-refractivity contribution in [3.05, 3.63) is 40.5 Å². The molecule has 0 spiro atoms. The maximum Gasteiger partial charge on any atom is 0.337 e. The lowest BCUT2D eigenvalue weighted by Gasteiger charge is -2.04. The summed E-state index contributed by atoms with van der Waals surface area (Å²) in [6.45, 7) is 0.120. The minimum atomic E-state index is -3.75. The summed E-state index contributed by atoms with van der Waals surface area (Å²) in [6.07, 6.45) is 2.57. The van der Waals surface area contributed by atoms with Crippen LogP contribution in [0.4, 0.5) is 0 Å². The lowest BCUT2D eigenvalue weighted by atomic mass is 10.3. The zero-order valence-electron chi connectivity index (χ0n) is 9.48. The summed E-state index contributed by atoms with van der Waals surface area (Å²) >= 11 is 1.33. The van der Waals surface area contributed by atoms with Crippen molar-refractivity contribution in [2.24, 2.45) is 0 Å². The Bertz CT molecular complexity index is 665. The molecule has 0 radical (unpaired) electrons. The third kappa shape index (κ3) is 3.34. The van der Waals surface area contributed by atoms with Crippen LogP contribution in [-0.4, -0.2) is 29.5 Å². The van der Waals surface area contributed by atoms with Crippen LogP contribution in [0.3, 0.4) is 0 Å². The fourth-order valence-electron chi connectivity index (χ4n) is 1.24. The number of pyridine rings is 1. The molecule has 0 aliphatic carbocycles. The standard InChI is InChI=1S/C10H9N3O4S2/c14-10(15)7-1-2-9(12-3-7)19(16,17)13-5-8-4-11-6-18-8/h1-4,6,13H,5H2,(H,14,15). The third-order valence-electron chi connectivity index (χ3n) is 2.18. The van der Waals surface area contributed by atoms with E-state index in [9.17, 15) is 13.2 Å². The van der Waals surface area contributed by atoms with Gasteiger partial charge in [-0.1, -0.05) is 0 Å². The number of nitrogens with one attached hydrogen (secondary N) is 1. The first kappa shape index (κ1) is 13.6. The van der Waals surface area contributed by atoms with E-state index in [0.29, 0.717) is 0 Å². The average molecular weight is 299 g/mol. The maximum atomic E-state index is 11.9. The van der Waals surface area contributed by atoms with Crippen molar-refractivity contribution in [2.75, 3.05) is 0 Å². The molecule has 0 aliphatic heterocycles. The molecule has 2 aromatic heterocycles. The quantitative estimate of drug-likeness (QED) is 0.841. The highest BCUT2D eigenvalue weighted by Crippen LogP contribution is 2.09. The fourth-order valence-corrected chi connectivity index (χ4v) is 2.79. The van der Waals surface area contributed by atoms with Crippen LogP contribution in [0.1, 0.15) is 15.2 Å². The normalized spacial score (nSPS) is 11.4. The highest BCUT2D eigenvalue weighted by Gasteiger charge is 2.16. The molecular weight excluding hydrogens is 290 g/mol. The lowest BCUT2D eigenvalue weighted by molar-refractivity contribution is 0.0696. The van der Waals surface area contributed by atoms with E-state index < -0.39 is 16.0 Å². The Kier molecular flexibility index (Phi) is 3.88. The second-order valence-electron chi connectivity index (χ2n) is 3.48. The summed E-state index contributed by atoms with van der Waals surface area (Å²) in [5, 5.41) is 8.48. The molecule has 0 amide bonds. The molecule has 0 saturated carbocycles. The van der Waals surface area contributed by atoms with Crippen molar-refractivity contribution in [2.45, 2.75) is 11.6 Å². The van der Waals surface area contributed by atoms with Crippen LogP contribution < -0.4 is 4.72 Å². The number of aromatic nitrogens is 2. The van der Waals surface area contributed by atoms with E-state index in [1.165, 1.54) is 17.4 Å². The van der Waals surface area contributed by atoms with E-state index in [4.69, 9.17) is 5.11 Å². The van der Waals surface area contributed by atoms with Gasteiger partial charge in [-0.05, 0) is 12.1 Å². The summed E-state index contributed by atoms with van der Waals surface area (Å²) in [6, 6.07) is 2.34. The topological polar surface area (TPSA) is 109 Å². The number of carboxylic acid groups (broad SMARTS) is 1. The van der Waals surface area contributed by atoms with E-state index in [0.717, 1.165) is 17.1 Å². The van der Waals surface area contributed by atoms with Gasteiger partial charge in [0, 0.05) is 23.8 Å². The van der Waals surface area contributed by atoms with Gasteiger partial charge in [-0.2, -0.15) is 0 Å². The number of sulfonamides is 1. The van der Waals surface area contributed by atoms with Gasteiger partial charge in [-0.15, -0.1) is 11.3 Å². The zero-order chi connectivity index (χ0) is 13.9. The second kappa shape index (κ2) is 5.43. The smallest absolute Gasteiger partial charge is 0.337 e. The molecule has 7 nitrogen and oxygen atoms in total. The molecule has 2 rings (SSSR count). The lowest BCUT2D eigenvalue weighted by Crippen LogP contribution is -2.23. The first-order chi connectivity index (χ1) is 8.99. The summed E-state index contributed by atoms with van der Waals surface area (Å²) in [5.41, 5.74) is 1.53. The summed E-state index contributed by atoms with van der Waals surface area (Å²) in [5.74, 6) is -1.16. The Morgan fingerprint density at radius 1 is 1.37 bits per heavy atom. The van der Waals surface area contributed by atoms with Crippen LogP contribution in [-0.2, 0) is 16.6 Å². The fraction of sp³-hybridized carbons (Fsp3) is 0.100. The minimum Gasteiger partial charge on any atom is -0.478 e. The molecule has 100 valence electrons. The van der Waals surface area contributed by atoms with Crippen molar-refractivity contribution in [3.63, 3.8) is 0 Å². The molecule has 0 fully saturated rings. The van der Waals surface area contributed by atoms with Crippen molar-refractivity contribution in [1.29, 1.82) is 0 Å². The van der Waals surface area contributed by atoms with Gasteiger partial charge in [0.25, 0.3) is 10.0 Å². The van der Waals surface area contributed by atoms with Crippen LogP contribution in [0.5, 0.6) is 0 Å². The zero-order valence-corrected chi connectivity index (χ0v) is 11.1. The highest BCUT2D eigenvalue weighted by molar-refractivity contribution is 7.89. The van der Waals surface area contributed by atoms with Gasteiger partial charge >= 0.3 is 5.97 Å². The van der Waals surface area contributed by atoms with Crippen LogP contribution in [0.25, 0.3) is 0 Å². The molecule has 0 aromatic carbocycles. The van der Waals surface area contributed by atoms with Crippen LogP contribution in [0, 0.1) is 0 Å². The number of carbonyl (C=O) groups is 1. The molecule has 19 heavy (non-hydrogen) atoms. The van der Waals surface area contributed by atoms with E-state index in [1.807, 2.05) is 0 Å². The maximum absolute atomic E-state index is 11.9. The third-order valence-corrected chi connectivity index (χ3v) is 4.27. The first-order valence-corrected chi connectivity index (χ1v) is 7.42. The Morgan fingerprint density at radius 2 is 2.16 bits per heavy atom. The number of hydrogen-bond donors (Lipinski definition) is 2. The van der Waals surface area contributed by atoms with E-state index in [1.54, 1.807) is 11.7 Å². The van der Waals surface area contributed by atoms with E-state index in [-0.39, 0.29) is 17.1 Å². The molecule has 0 unspecified atom stereocenters. The summed E-state index contributed by atoms with van der Waals surface area (Å²) < 4.78 is 26.1. The predicted molar refractivity (Wildman–Crippen MR) is 67.3 cm³/mol. The van der Waals surface area contributed by atoms with Crippen LogP contribution in [0.2, 0.25) is 0 Å². The Hall–Kier alpha value is -1.84. The summed E-state index contributed by atoms with van der Waals surface area (Å²) in [7, 11) is -3.75. The van der Waals surface area contributed by atoms with Crippen LogP contribution >= 0.6 is 11.3 Å². The number of thiazole rings is 1. The SMILES string of the molecule is O=C(O)c1ccc(S(=O)(=O)NCc2cncs2)nc1. The van der Waals surface area contributed by atoms with Gasteiger partial charge in [-0.3, -0.25) is 4.98 Å². The molecular formula is C10H9N3O4S2. The van der Waals surface area contributed by atoms with E-state index >= 15 is 0 Å². The number of hydrogen-bond acceptors (Lipinski definition) is 6. The minimum absolute atomic E-state index is 0.0681. The van der Waals surface area contributed by atoms with Crippen molar-refractivity contribution < 1.29 is 18.3 Å². The van der Waals surface area contributed by atoms with Crippen molar-refractivity contribution in [3.8, 4) is 0 Å². The first-order valence-electron chi connectivity index (χ1n) is 5.05. The number of aromatic carboxylic acids is 1. The molecule has 2 N–H and O–H groups in total. The molecule has 0 saturated heterocycles. The van der Waals surface area contributed by atoms with E-state index in [2.05, 4.69) is 14.7 Å². The molecule has 0 aliphatic rings. The molecule has 0 bridgehead atoms. The van der Waals surface area contributed by atoms with Gasteiger partial charge in [0.2, 0.25) is 0 Å². The monoisotopic (exact) mass is 299 g/mol. The number of nitrogens with zero attached hydrogens (tertiary/aromatic N) is 2. The number of carboxylic acids is 1. The molecule has 0 atom stereocenters. The van der Waals surface area contributed by atoms with Crippen molar-refractivity contribution in [1.82, 2.24) is 14.7 Å². The Balaban J connectivity index is 2.13. The molecule has 9 heteroatoms. The van der Waals surface area contributed by atoms with Gasteiger partial charge in [-0.25, -0.2) is 22.9 Å². The second-order valence-corrected chi connectivity index (χ2v) is 6.17. The highest BCUT2D eigenvalue weighted by atomic mass is 32.2. The average Bonchev–Trinajstić information content (AvgIpc) is 2.90. The van der Waals surface area contributed by atoms with Gasteiger partial charge < -0.3 is 5.11 Å². The van der Waals surface area contributed by atoms with Gasteiger partial charge in [0.15, 0.2) is 5.03 Å². The largest absolute Gasteiger partial charge is 0.478 e. The summed E-state index contributed by atoms with van der Waals surface area (Å²) in [4.78, 5) is 18.9. The molecule has 2 aromatic rings. The molecule has 2 heterocycles. The predicted octanol–water partition coefficient (Wildman–Crippen LogP) is 0.715. The van der Waals surface area contributed by atoms with Crippen molar-refractivity contribution >= 4 is 27.3 Å².